The van der Waals surface area contributed by atoms with E-state index in [1.54, 1.807) is 24.3 Å². The Kier molecular flexibility index (Phi) is 3.83. The second kappa shape index (κ2) is 5.93. The number of amides is 2. The number of imide groups is 1. The number of carbonyl (C=O) groups is 2. The molecule has 0 N–H and O–H groups in total. The van der Waals surface area contributed by atoms with Gasteiger partial charge in [-0.3, -0.25) is 14.5 Å². The summed E-state index contributed by atoms with van der Waals surface area (Å²) in [6.07, 6.45) is 0.849. The minimum Gasteiger partial charge on any atom is -0.270 e. The fourth-order valence-electron chi connectivity index (χ4n) is 2.57. The van der Waals surface area contributed by atoms with Crippen LogP contribution in [0, 0.1) is 0 Å². The van der Waals surface area contributed by atoms with Crippen molar-refractivity contribution in [2.75, 3.05) is 6.54 Å². The molecule has 1 aliphatic heterocycles. The molecule has 1 heterocycles. The van der Waals surface area contributed by atoms with Crippen molar-refractivity contribution >= 4 is 11.8 Å². The predicted molar refractivity (Wildman–Crippen MR) is 81.1 cm³/mol. The summed E-state index contributed by atoms with van der Waals surface area (Å²) >= 11 is 0. The molecule has 0 aromatic heterocycles. The Bertz CT molecular complexity index is 718. The molecule has 3 nitrogen and oxygen atoms in total. The SMILES string of the molecule is O=C1c2ccccc2C(=O)N1CC(=CF)Cc1ccccc1. The van der Waals surface area contributed by atoms with Gasteiger partial charge in [0.15, 0.2) is 0 Å². The number of halogens is 1. The lowest BCUT2D eigenvalue weighted by atomic mass is 10.1. The van der Waals surface area contributed by atoms with Gasteiger partial charge in [0, 0.05) is 0 Å². The lowest BCUT2D eigenvalue weighted by molar-refractivity contribution is 0.0667. The van der Waals surface area contributed by atoms with Gasteiger partial charge in [-0.25, -0.2) is 4.39 Å². The molecule has 0 spiro atoms. The van der Waals surface area contributed by atoms with Crippen molar-refractivity contribution in [3.05, 3.63) is 83.2 Å². The molecule has 2 amide bonds. The zero-order valence-corrected chi connectivity index (χ0v) is 11.8. The molecule has 0 unspecified atom stereocenters. The van der Waals surface area contributed by atoms with Crippen LogP contribution < -0.4 is 0 Å². The Morgan fingerprint density at radius 2 is 1.45 bits per heavy atom. The highest BCUT2D eigenvalue weighted by molar-refractivity contribution is 6.21. The number of fused-ring (bicyclic) bond motifs is 1. The highest BCUT2D eigenvalue weighted by Gasteiger charge is 2.35. The molecule has 1 aliphatic rings. The number of hydrogen-bond acceptors (Lipinski definition) is 2. The Balaban J connectivity index is 1.79. The standard InChI is InChI=1S/C18H14FNO2/c19-11-14(10-13-6-2-1-3-7-13)12-20-17(21)15-8-4-5-9-16(15)18(20)22/h1-9,11H,10,12H2. The zero-order chi connectivity index (χ0) is 15.5. The maximum absolute atomic E-state index is 13.2. The summed E-state index contributed by atoms with van der Waals surface area (Å²) in [6.45, 7) is -0.0300. The van der Waals surface area contributed by atoms with E-state index >= 15 is 0 Å². The van der Waals surface area contributed by atoms with E-state index in [9.17, 15) is 14.0 Å². The Morgan fingerprint density at radius 1 is 0.909 bits per heavy atom. The minimum absolute atomic E-state index is 0.0300. The smallest absolute Gasteiger partial charge is 0.261 e. The second-order valence-corrected chi connectivity index (χ2v) is 5.17. The van der Waals surface area contributed by atoms with Crippen LogP contribution in [-0.4, -0.2) is 23.3 Å². The largest absolute Gasteiger partial charge is 0.270 e. The number of nitrogens with zero attached hydrogens (tertiary/aromatic N) is 1. The topological polar surface area (TPSA) is 37.4 Å². The lowest BCUT2D eigenvalue weighted by Crippen LogP contribution is -2.32. The number of hydrogen-bond donors (Lipinski definition) is 0. The van der Waals surface area contributed by atoms with E-state index in [-0.39, 0.29) is 18.4 Å². The van der Waals surface area contributed by atoms with Gasteiger partial charge in [0.05, 0.1) is 24.0 Å². The fraction of sp³-hybridized carbons (Fsp3) is 0.111. The summed E-state index contributed by atoms with van der Waals surface area (Å²) in [5.74, 6) is -0.735. The molecular formula is C18H14FNO2. The predicted octanol–water partition coefficient (Wildman–Crippen LogP) is 3.38. The molecule has 4 heteroatoms. The molecule has 0 aliphatic carbocycles. The van der Waals surface area contributed by atoms with E-state index in [1.807, 2.05) is 30.3 Å². The Morgan fingerprint density at radius 3 is 2.00 bits per heavy atom. The van der Waals surface area contributed by atoms with Crippen LogP contribution in [0.5, 0.6) is 0 Å². The maximum atomic E-state index is 13.2. The first kappa shape index (κ1) is 14.2. The minimum atomic E-state index is -0.368. The molecule has 0 saturated carbocycles. The Labute approximate surface area is 127 Å². The molecule has 2 aromatic rings. The van der Waals surface area contributed by atoms with Gasteiger partial charge >= 0.3 is 0 Å². The van der Waals surface area contributed by atoms with Crippen molar-refractivity contribution in [2.24, 2.45) is 0 Å². The van der Waals surface area contributed by atoms with E-state index in [1.165, 1.54) is 0 Å². The first-order valence-electron chi connectivity index (χ1n) is 6.98. The van der Waals surface area contributed by atoms with E-state index in [4.69, 9.17) is 0 Å². The van der Waals surface area contributed by atoms with Crippen molar-refractivity contribution in [3.8, 4) is 0 Å². The van der Waals surface area contributed by atoms with Crippen molar-refractivity contribution in [1.82, 2.24) is 4.90 Å². The van der Waals surface area contributed by atoms with Gasteiger partial charge in [-0.2, -0.15) is 0 Å². The fourth-order valence-corrected chi connectivity index (χ4v) is 2.57. The molecular weight excluding hydrogens is 281 g/mol. The summed E-state index contributed by atoms with van der Waals surface area (Å²) in [5, 5.41) is 0. The molecule has 110 valence electrons. The summed E-state index contributed by atoms with van der Waals surface area (Å²) in [5.41, 5.74) is 2.08. The van der Waals surface area contributed by atoms with Crippen LogP contribution in [0.1, 0.15) is 26.3 Å². The number of carbonyl (C=O) groups excluding carboxylic acids is 2. The monoisotopic (exact) mass is 295 g/mol. The third-order valence-corrected chi connectivity index (χ3v) is 3.67. The third-order valence-electron chi connectivity index (χ3n) is 3.67. The highest BCUT2D eigenvalue weighted by Crippen LogP contribution is 2.24. The van der Waals surface area contributed by atoms with E-state index < -0.39 is 0 Å². The van der Waals surface area contributed by atoms with Crippen molar-refractivity contribution in [3.63, 3.8) is 0 Å². The van der Waals surface area contributed by atoms with Crippen LogP contribution in [-0.2, 0) is 6.42 Å². The lowest BCUT2D eigenvalue weighted by Gasteiger charge is -2.15. The molecule has 2 aromatic carbocycles. The molecule has 0 radical (unpaired) electrons. The quantitative estimate of drug-likeness (QED) is 0.811. The summed E-state index contributed by atoms with van der Waals surface area (Å²) in [6, 6.07) is 16.0. The maximum Gasteiger partial charge on any atom is 0.261 e. The van der Waals surface area contributed by atoms with Gasteiger partial charge < -0.3 is 0 Å². The molecule has 22 heavy (non-hydrogen) atoms. The number of benzene rings is 2. The van der Waals surface area contributed by atoms with Crippen molar-refractivity contribution in [2.45, 2.75) is 6.42 Å². The van der Waals surface area contributed by atoms with Crippen LogP contribution in [0.3, 0.4) is 0 Å². The summed E-state index contributed by atoms with van der Waals surface area (Å²) in [4.78, 5) is 25.6. The first-order valence-corrected chi connectivity index (χ1v) is 6.98. The van der Waals surface area contributed by atoms with E-state index in [0.717, 1.165) is 10.5 Å². The molecule has 3 rings (SSSR count). The molecule has 0 saturated heterocycles. The van der Waals surface area contributed by atoms with Crippen molar-refractivity contribution < 1.29 is 14.0 Å². The summed E-state index contributed by atoms with van der Waals surface area (Å²) in [7, 11) is 0. The average Bonchev–Trinajstić information content (AvgIpc) is 2.80. The van der Waals surface area contributed by atoms with Gasteiger partial charge in [0.1, 0.15) is 0 Å². The van der Waals surface area contributed by atoms with Crippen molar-refractivity contribution in [1.29, 1.82) is 0 Å². The first-order chi connectivity index (χ1) is 10.7. The van der Waals surface area contributed by atoms with Gasteiger partial charge in [-0.05, 0) is 29.7 Å². The van der Waals surface area contributed by atoms with Gasteiger partial charge in [0.2, 0.25) is 0 Å². The van der Waals surface area contributed by atoms with Crippen LogP contribution in [0.4, 0.5) is 4.39 Å². The normalized spacial score (nSPS) is 14.4. The van der Waals surface area contributed by atoms with Crippen LogP contribution in [0.25, 0.3) is 0 Å². The van der Waals surface area contributed by atoms with Crippen LogP contribution in [0.15, 0.2) is 66.5 Å². The molecule has 0 bridgehead atoms. The average molecular weight is 295 g/mol. The second-order valence-electron chi connectivity index (χ2n) is 5.17. The van der Waals surface area contributed by atoms with E-state index in [0.29, 0.717) is 29.5 Å². The number of rotatable bonds is 4. The Hall–Kier alpha value is -2.75. The summed E-state index contributed by atoms with van der Waals surface area (Å²) < 4.78 is 13.2. The zero-order valence-electron chi connectivity index (χ0n) is 11.8. The van der Waals surface area contributed by atoms with Crippen LogP contribution in [0.2, 0.25) is 0 Å². The van der Waals surface area contributed by atoms with Crippen LogP contribution >= 0.6 is 0 Å². The molecule has 0 fully saturated rings. The highest BCUT2D eigenvalue weighted by atomic mass is 19.1. The van der Waals surface area contributed by atoms with Gasteiger partial charge in [-0.15, -0.1) is 0 Å². The third kappa shape index (κ3) is 2.55. The van der Waals surface area contributed by atoms with Gasteiger partial charge in [0.25, 0.3) is 11.8 Å². The molecule has 0 atom stereocenters. The van der Waals surface area contributed by atoms with Gasteiger partial charge in [-0.1, -0.05) is 42.5 Å². The van der Waals surface area contributed by atoms with E-state index in [2.05, 4.69) is 0 Å².